The van der Waals surface area contributed by atoms with Gasteiger partial charge >= 0.3 is 5.97 Å². The number of halogens is 1. The first kappa shape index (κ1) is 19.9. The van der Waals surface area contributed by atoms with Crippen LogP contribution in [-0.2, 0) is 4.79 Å². The van der Waals surface area contributed by atoms with Gasteiger partial charge < -0.3 is 19.3 Å². The molecule has 3 aromatic rings. The van der Waals surface area contributed by atoms with Crippen LogP contribution in [-0.4, -0.2) is 55.2 Å². The quantitative estimate of drug-likeness (QED) is 0.433. The van der Waals surface area contributed by atoms with E-state index in [9.17, 15) is 4.79 Å². The van der Waals surface area contributed by atoms with Gasteiger partial charge in [0.25, 0.3) is 0 Å². The highest BCUT2D eigenvalue weighted by Gasteiger charge is 2.19. The number of fused-ring (bicyclic) bond motifs is 1. The van der Waals surface area contributed by atoms with Crippen LogP contribution in [0.3, 0.4) is 0 Å². The van der Waals surface area contributed by atoms with Crippen molar-refractivity contribution in [1.82, 2.24) is 9.88 Å². The van der Waals surface area contributed by atoms with Crippen molar-refractivity contribution in [2.45, 2.75) is 6.92 Å². The van der Waals surface area contributed by atoms with E-state index in [0.29, 0.717) is 16.5 Å². The van der Waals surface area contributed by atoms with Gasteiger partial charge in [0.2, 0.25) is 0 Å². The van der Waals surface area contributed by atoms with Crippen LogP contribution in [0.1, 0.15) is 6.92 Å². The summed E-state index contributed by atoms with van der Waals surface area (Å²) in [6.07, 6.45) is 0. The Morgan fingerprint density at radius 2 is 1.83 bits per heavy atom. The summed E-state index contributed by atoms with van der Waals surface area (Å²) in [7, 11) is 0. The number of hydrogen-bond donors (Lipinski definition) is 0. The number of ether oxygens (including phenoxy) is 2. The van der Waals surface area contributed by atoms with E-state index >= 15 is 0 Å². The second-order valence-electron chi connectivity index (χ2n) is 6.76. The van der Waals surface area contributed by atoms with Crippen molar-refractivity contribution in [3.05, 3.63) is 47.5 Å². The van der Waals surface area contributed by atoms with Gasteiger partial charge in [-0.1, -0.05) is 29.9 Å². The normalized spacial score (nSPS) is 14.9. The molecule has 1 aromatic heterocycles. The van der Waals surface area contributed by atoms with E-state index in [1.165, 1.54) is 0 Å². The van der Waals surface area contributed by atoms with E-state index in [4.69, 9.17) is 26.1 Å². The molecule has 4 rings (SSSR count). The molecule has 1 saturated heterocycles. The number of aromatic nitrogens is 1. The monoisotopic (exact) mass is 431 g/mol. The first-order valence-corrected chi connectivity index (χ1v) is 10.8. The SMILES string of the molecule is CCN1CCN(c2nc3ccc(OC(=O)COc4ccc(Cl)cc4)cc3s2)CC1. The van der Waals surface area contributed by atoms with Gasteiger partial charge in [-0.3, -0.25) is 0 Å². The van der Waals surface area contributed by atoms with Crippen molar-refractivity contribution in [3.63, 3.8) is 0 Å². The van der Waals surface area contributed by atoms with Crippen molar-refractivity contribution in [2.24, 2.45) is 0 Å². The summed E-state index contributed by atoms with van der Waals surface area (Å²) in [6.45, 7) is 7.19. The first-order valence-electron chi connectivity index (χ1n) is 9.57. The van der Waals surface area contributed by atoms with Crippen molar-refractivity contribution < 1.29 is 14.3 Å². The highest BCUT2D eigenvalue weighted by molar-refractivity contribution is 7.22. The van der Waals surface area contributed by atoms with E-state index in [-0.39, 0.29) is 6.61 Å². The Kier molecular flexibility index (Phi) is 6.18. The second kappa shape index (κ2) is 8.98. The number of nitrogens with zero attached hydrogens (tertiary/aromatic N) is 3. The van der Waals surface area contributed by atoms with E-state index in [0.717, 1.165) is 48.1 Å². The molecule has 6 nitrogen and oxygen atoms in total. The second-order valence-corrected chi connectivity index (χ2v) is 8.21. The molecule has 0 radical (unpaired) electrons. The van der Waals surface area contributed by atoms with Crippen molar-refractivity contribution in [1.29, 1.82) is 0 Å². The van der Waals surface area contributed by atoms with Crippen LogP contribution in [0.15, 0.2) is 42.5 Å². The number of benzene rings is 2. The van der Waals surface area contributed by atoms with Crippen LogP contribution in [0.2, 0.25) is 5.02 Å². The molecule has 0 saturated carbocycles. The molecule has 1 aliphatic rings. The fourth-order valence-corrected chi connectivity index (χ4v) is 4.35. The lowest BCUT2D eigenvalue weighted by molar-refractivity contribution is -0.136. The zero-order valence-corrected chi connectivity index (χ0v) is 17.7. The minimum atomic E-state index is -0.459. The van der Waals surface area contributed by atoms with Gasteiger partial charge in [0.15, 0.2) is 11.7 Å². The lowest BCUT2D eigenvalue weighted by atomic mass is 10.3. The molecule has 1 aliphatic heterocycles. The van der Waals surface area contributed by atoms with Gasteiger partial charge in [-0.2, -0.15) is 0 Å². The topological polar surface area (TPSA) is 54.9 Å². The number of esters is 1. The molecule has 2 heterocycles. The van der Waals surface area contributed by atoms with Crippen molar-refractivity contribution in [3.8, 4) is 11.5 Å². The molecule has 0 spiro atoms. The molecule has 0 unspecified atom stereocenters. The predicted octanol–water partition coefficient (Wildman–Crippen LogP) is 4.08. The Morgan fingerprint density at radius 1 is 1.10 bits per heavy atom. The van der Waals surface area contributed by atoms with Crippen LogP contribution in [0, 0.1) is 0 Å². The number of likely N-dealkylation sites (N-methyl/N-ethyl adjacent to an activating group) is 1. The summed E-state index contributed by atoms with van der Waals surface area (Å²) >= 11 is 7.46. The van der Waals surface area contributed by atoms with Gasteiger partial charge in [-0.05, 0) is 42.9 Å². The van der Waals surface area contributed by atoms with E-state index < -0.39 is 5.97 Å². The Hall–Kier alpha value is -2.35. The minimum Gasteiger partial charge on any atom is -0.482 e. The Morgan fingerprint density at radius 3 is 2.55 bits per heavy atom. The molecule has 152 valence electrons. The summed E-state index contributed by atoms with van der Waals surface area (Å²) in [4.78, 5) is 21.6. The molecule has 29 heavy (non-hydrogen) atoms. The number of anilines is 1. The lowest BCUT2D eigenvalue weighted by Gasteiger charge is -2.33. The molecule has 0 bridgehead atoms. The van der Waals surface area contributed by atoms with Crippen LogP contribution in [0.4, 0.5) is 5.13 Å². The summed E-state index contributed by atoms with van der Waals surface area (Å²) in [5, 5.41) is 1.63. The highest BCUT2D eigenvalue weighted by atomic mass is 35.5. The van der Waals surface area contributed by atoms with Gasteiger partial charge in [-0.15, -0.1) is 0 Å². The summed E-state index contributed by atoms with van der Waals surface area (Å²) in [6, 6.07) is 12.3. The van der Waals surface area contributed by atoms with Gasteiger partial charge in [0.05, 0.1) is 10.2 Å². The molecular weight excluding hydrogens is 410 g/mol. The van der Waals surface area contributed by atoms with Crippen LogP contribution in [0.5, 0.6) is 11.5 Å². The fourth-order valence-electron chi connectivity index (χ4n) is 3.18. The van der Waals surface area contributed by atoms with Gasteiger partial charge in [0, 0.05) is 37.3 Å². The Bertz CT molecular complexity index is 985. The molecule has 0 N–H and O–H groups in total. The van der Waals surface area contributed by atoms with Crippen molar-refractivity contribution in [2.75, 3.05) is 44.2 Å². The molecule has 1 fully saturated rings. The zero-order valence-electron chi connectivity index (χ0n) is 16.1. The average molecular weight is 432 g/mol. The molecule has 0 atom stereocenters. The number of hydrogen-bond acceptors (Lipinski definition) is 7. The van der Waals surface area contributed by atoms with Crippen molar-refractivity contribution >= 4 is 44.3 Å². The minimum absolute atomic E-state index is 0.171. The maximum atomic E-state index is 12.1. The lowest BCUT2D eigenvalue weighted by Crippen LogP contribution is -2.46. The first-order chi connectivity index (χ1) is 14.1. The maximum absolute atomic E-state index is 12.1. The fraction of sp³-hybridized carbons (Fsp3) is 0.333. The number of piperazine rings is 1. The van der Waals surface area contributed by atoms with Crippen LogP contribution in [0.25, 0.3) is 10.2 Å². The van der Waals surface area contributed by atoms with E-state index in [1.54, 1.807) is 41.7 Å². The van der Waals surface area contributed by atoms with Gasteiger partial charge in [-0.25, -0.2) is 9.78 Å². The standard InChI is InChI=1S/C21H22ClN3O3S/c1-2-24-9-11-25(12-10-24)21-23-18-8-7-17(13-19(18)29-21)28-20(26)14-27-16-5-3-15(22)4-6-16/h3-8,13H,2,9-12,14H2,1H3. The highest BCUT2D eigenvalue weighted by Crippen LogP contribution is 2.32. The van der Waals surface area contributed by atoms with Gasteiger partial charge in [0.1, 0.15) is 11.5 Å². The maximum Gasteiger partial charge on any atom is 0.349 e. The smallest absolute Gasteiger partial charge is 0.349 e. The number of thiazole rings is 1. The molecule has 2 aromatic carbocycles. The molecule has 0 amide bonds. The summed E-state index contributed by atoms with van der Waals surface area (Å²) in [5.41, 5.74) is 0.917. The van der Waals surface area contributed by atoms with E-state index in [1.807, 2.05) is 12.1 Å². The third-order valence-electron chi connectivity index (χ3n) is 4.84. The molecule has 8 heteroatoms. The largest absolute Gasteiger partial charge is 0.482 e. The number of carbonyl (C=O) groups is 1. The molecular formula is C21H22ClN3O3S. The third kappa shape index (κ3) is 4.98. The summed E-state index contributed by atoms with van der Waals surface area (Å²) in [5.74, 6) is 0.602. The number of carbonyl (C=O) groups excluding carboxylic acids is 1. The average Bonchev–Trinajstić information content (AvgIpc) is 3.17. The Balaban J connectivity index is 1.37. The molecule has 0 aliphatic carbocycles. The Labute approximate surface area is 178 Å². The summed E-state index contributed by atoms with van der Waals surface area (Å²) < 4.78 is 11.9. The number of rotatable bonds is 6. The van der Waals surface area contributed by atoms with Crippen LogP contribution < -0.4 is 14.4 Å². The van der Waals surface area contributed by atoms with E-state index in [2.05, 4.69) is 16.7 Å². The zero-order chi connectivity index (χ0) is 20.2. The predicted molar refractivity (Wildman–Crippen MR) is 117 cm³/mol. The van der Waals surface area contributed by atoms with Crippen LogP contribution >= 0.6 is 22.9 Å². The third-order valence-corrected chi connectivity index (χ3v) is 6.17.